The number of fused-ring (bicyclic) bond motifs is 2. The molecule has 2 aliphatic rings. The van der Waals surface area contributed by atoms with Crippen LogP contribution in [0.1, 0.15) is 35.4 Å². The number of aliphatic hydroxyl groups excluding tert-OH is 1. The van der Waals surface area contributed by atoms with Crippen LogP contribution in [0.2, 0.25) is 0 Å². The summed E-state index contributed by atoms with van der Waals surface area (Å²) < 4.78 is 0. The predicted molar refractivity (Wildman–Crippen MR) is 76.7 cm³/mol. The molecule has 0 radical (unpaired) electrons. The second kappa shape index (κ2) is 4.68. The topological polar surface area (TPSA) is 78.6 Å². The number of amides is 1. The molecule has 3 rings (SSSR count). The number of hydrogen-bond acceptors (Lipinski definition) is 5. The van der Waals surface area contributed by atoms with Gasteiger partial charge in [-0.15, -0.1) is 11.3 Å². The first-order valence-corrected chi connectivity index (χ1v) is 7.49. The zero-order valence-electron chi connectivity index (χ0n) is 10.9. The van der Waals surface area contributed by atoms with Crippen LogP contribution < -0.4 is 16.0 Å². The number of nitrogen functional groups attached to an aromatic ring is 1. The number of aliphatic hydroxyl groups is 1. The van der Waals surface area contributed by atoms with Gasteiger partial charge in [0.1, 0.15) is 4.88 Å². The number of carbonyl (C=O) groups excluding carboxylic acids is 1. The Morgan fingerprint density at radius 3 is 2.68 bits per heavy atom. The molecule has 1 aromatic heterocycles. The fourth-order valence-electron chi connectivity index (χ4n) is 3.32. The minimum absolute atomic E-state index is 0.127. The van der Waals surface area contributed by atoms with E-state index in [1.807, 2.05) is 6.07 Å². The van der Waals surface area contributed by atoms with Gasteiger partial charge < -0.3 is 21.1 Å². The lowest BCUT2D eigenvalue weighted by Gasteiger charge is -2.37. The maximum Gasteiger partial charge on any atom is 0.263 e. The van der Waals surface area contributed by atoms with Gasteiger partial charge in [0, 0.05) is 19.1 Å². The monoisotopic (exact) mass is 281 g/mol. The molecule has 1 amide bonds. The highest BCUT2D eigenvalue weighted by atomic mass is 32.1. The molecule has 2 bridgehead atoms. The normalized spacial score (nSPS) is 29.6. The third-order valence-electron chi connectivity index (χ3n) is 4.14. The summed E-state index contributed by atoms with van der Waals surface area (Å²) in [5.41, 5.74) is 6.48. The molecule has 5 nitrogen and oxygen atoms in total. The van der Waals surface area contributed by atoms with E-state index in [9.17, 15) is 9.90 Å². The molecule has 4 N–H and O–H groups in total. The van der Waals surface area contributed by atoms with Gasteiger partial charge in [-0.1, -0.05) is 0 Å². The van der Waals surface area contributed by atoms with Crippen LogP contribution in [0.15, 0.2) is 6.07 Å². The average Bonchev–Trinajstić information content (AvgIpc) is 2.87. The maximum absolute atomic E-state index is 11.7. The van der Waals surface area contributed by atoms with Gasteiger partial charge in [0.05, 0.1) is 16.8 Å². The molecule has 2 atom stereocenters. The summed E-state index contributed by atoms with van der Waals surface area (Å²) >= 11 is 1.45. The largest absolute Gasteiger partial charge is 0.397 e. The van der Waals surface area contributed by atoms with Gasteiger partial charge in [-0.3, -0.25) is 4.79 Å². The van der Waals surface area contributed by atoms with Crippen LogP contribution in [-0.2, 0) is 0 Å². The SMILES string of the molecule is CNC(=O)c1sc(N2C3CCC2CC(O)C3)cc1N. The van der Waals surface area contributed by atoms with Crippen molar-refractivity contribution in [1.82, 2.24) is 5.32 Å². The molecule has 0 aliphatic carbocycles. The molecule has 3 heterocycles. The highest BCUT2D eigenvalue weighted by Crippen LogP contribution is 2.43. The van der Waals surface area contributed by atoms with Gasteiger partial charge in [-0.25, -0.2) is 0 Å². The number of rotatable bonds is 2. The number of carbonyl (C=O) groups is 1. The maximum atomic E-state index is 11.7. The third-order valence-corrected chi connectivity index (χ3v) is 5.31. The van der Waals surface area contributed by atoms with Crippen molar-refractivity contribution in [1.29, 1.82) is 0 Å². The molecule has 2 fully saturated rings. The highest BCUT2D eigenvalue weighted by Gasteiger charge is 2.41. The molecule has 1 aromatic rings. The molecule has 19 heavy (non-hydrogen) atoms. The lowest BCUT2D eigenvalue weighted by Crippen LogP contribution is -2.44. The Balaban J connectivity index is 1.89. The summed E-state index contributed by atoms with van der Waals surface area (Å²) in [7, 11) is 1.61. The Morgan fingerprint density at radius 1 is 1.47 bits per heavy atom. The summed E-state index contributed by atoms with van der Waals surface area (Å²) in [6.45, 7) is 0. The van der Waals surface area contributed by atoms with E-state index in [2.05, 4.69) is 10.2 Å². The van der Waals surface area contributed by atoms with Crippen LogP contribution in [0.5, 0.6) is 0 Å². The van der Waals surface area contributed by atoms with E-state index in [0.717, 1.165) is 30.7 Å². The number of hydrogen-bond donors (Lipinski definition) is 3. The van der Waals surface area contributed by atoms with Crippen LogP contribution in [0.3, 0.4) is 0 Å². The number of nitrogens with two attached hydrogens (primary N) is 1. The van der Waals surface area contributed by atoms with Gasteiger partial charge in [0.25, 0.3) is 5.91 Å². The average molecular weight is 281 g/mol. The molecule has 0 saturated carbocycles. The Kier molecular flexibility index (Phi) is 3.14. The van der Waals surface area contributed by atoms with E-state index < -0.39 is 0 Å². The Hall–Kier alpha value is -1.27. The fraction of sp³-hybridized carbons (Fsp3) is 0.615. The standard InChI is InChI=1S/C13H19N3O2S/c1-15-13(18)12-10(14)6-11(19-12)16-7-2-3-8(16)5-9(17)4-7/h6-9,17H,2-5,14H2,1H3,(H,15,18). The molecule has 0 spiro atoms. The third kappa shape index (κ3) is 2.08. The van der Waals surface area contributed by atoms with Crippen molar-refractivity contribution >= 4 is 27.9 Å². The van der Waals surface area contributed by atoms with Crippen molar-refractivity contribution in [2.24, 2.45) is 0 Å². The quantitative estimate of drug-likeness (QED) is 0.760. The van der Waals surface area contributed by atoms with Crippen LogP contribution in [0.25, 0.3) is 0 Å². The van der Waals surface area contributed by atoms with E-state index >= 15 is 0 Å². The molecule has 2 unspecified atom stereocenters. The van der Waals surface area contributed by atoms with Crippen molar-refractivity contribution in [3.63, 3.8) is 0 Å². The van der Waals surface area contributed by atoms with E-state index in [4.69, 9.17) is 5.73 Å². The lowest BCUT2D eigenvalue weighted by molar-refractivity contribution is 0.0967. The lowest BCUT2D eigenvalue weighted by atomic mass is 10.0. The van der Waals surface area contributed by atoms with E-state index in [1.165, 1.54) is 11.3 Å². The Morgan fingerprint density at radius 2 is 2.11 bits per heavy atom. The molecule has 104 valence electrons. The first kappa shape index (κ1) is 12.7. The van der Waals surface area contributed by atoms with Crippen molar-refractivity contribution in [3.05, 3.63) is 10.9 Å². The number of nitrogens with zero attached hydrogens (tertiary/aromatic N) is 1. The number of piperidine rings is 1. The smallest absolute Gasteiger partial charge is 0.263 e. The van der Waals surface area contributed by atoms with Crippen molar-refractivity contribution in [3.8, 4) is 0 Å². The minimum atomic E-state index is -0.176. The molecular formula is C13H19N3O2S. The van der Waals surface area contributed by atoms with Crippen LogP contribution in [0, 0.1) is 0 Å². The van der Waals surface area contributed by atoms with Crippen molar-refractivity contribution in [2.45, 2.75) is 43.9 Å². The minimum Gasteiger partial charge on any atom is -0.397 e. The van der Waals surface area contributed by atoms with Crippen molar-refractivity contribution in [2.75, 3.05) is 17.7 Å². The van der Waals surface area contributed by atoms with Gasteiger partial charge in [0.15, 0.2) is 0 Å². The van der Waals surface area contributed by atoms with Gasteiger partial charge in [-0.05, 0) is 31.7 Å². The summed E-state index contributed by atoms with van der Waals surface area (Å²) in [5, 5.41) is 13.5. The van der Waals surface area contributed by atoms with Crippen molar-refractivity contribution < 1.29 is 9.90 Å². The van der Waals surface area contributed by atoms with Gasteiger partial charge in [0.2, 0.25) is 0 Å². The first-order valence-electron chi connectivity index (χ1n) is 6.68. The molecule has 0 aromatic carbocycles. The summed E-state index contributed by atoms with van der Waals surface area (Å²) in [6, 6.07) is 2.69. The number of anilines is 2. The number of thiophene rings is 1. The van der Waals surface area contributed by atoms with E-state index in [-0.39, 0.29) is 12.0 Å². The summed E-state index contributed by atoms with van der Waals surface area (Å²) in [5.74, 6) is -0.127. The zero-order valence-corrected chi connectivity index (χ0v) is 11.7. The van der Waals surface area contributed by atoms with E-state index in [1.54, 1.807) is 7.05 Å². The van der Waals surface area contributed by atoms with Crippen LogP contribution in [0.4, 0.5) is 10.7 Å². The van der Waals surface area contributed by atoms with Gasteiger partial charge in [-0.2, -0.15) is 0 Å². The van der Waals surface area contributed by atoms with Crippen LogP contribution in [-0.4, -0.2) is 36.2 Å². The summed E-state index contributed by atoms with van der Waals surface area (Å²) in [6.07, 6.45) is 3.71. The molecule has 2 aliphatic heterocycles. The van der Waals surface area contributed by atoms with Crippen LogP contribution >= 0.6 is 11.3 Å². The summed E-state index contributed by atoms with van der Waals surface area (Å²) in [4.78, 5) is 14.7. The molecule has 6 heteroatoms. The Labute approximate surface area is 116 Å². The zero-order chi connectivity index (χ0) is 13.6. The van der Waals surface area contributed by atoms with E-state index in [0.29, 0.717) is 22.6 Å². The Bertz CT molecular complexity index is 488. The second-order valence-electron chi connectivity index (χ2n) is 5.37. The molecule has 2 saturated heterocycles. The highest BCUT2D eigenvalue weighted by molar-refractivity contribution is 7.18. The van der Waals surface area contributed by atoms with Gasteiger partial charge >= 0.3 is 0 Å². The number of nitrogens with one attached hydrogen (secondary N) is 1. The predicted octanol–water partition coefficient (Wildman–Crippen LogP) is 1.18. The second-order valence-corrected chi connectivity index (χ2v) is 6.40. The molecular weight excluding hydrogens is 262 g/mol. The first-order chi connectivity index (χ1) is 9.10. The fourth-order valence-corrected chi connectivity index (χ4v) is 4.49.